The predicted molar refractivity (Wildman–Crippen MR) is 95.3 cm³/mol. The molecule has 0 N–H and O–H groups in total. The zero-order valence-electron chi connectivity index (χ0n) is 15.3. The molecule has 1 atom stereocenters. The van der Waals surface area contributed by atoms with E-state index in [1.54, 1.807) is 12.0 Å². The summed E-state index contributed by atoms with van der Waals surface area (Å²) in [4.78, 5) is 14.7. The van der Waals surface area contributed by atoms with Crippen LogP contribution in [0, 0.1) is 5.92 Å². The van der Waals surface area contributed by atoms with E-state index in [1.165, 1.54) is 5.56 Å². The number of aryl methyl sites for hydroxylation is 1. The smallest absolute Gasteiger partial charge is 0.229 e. The first-order valence-corrected chi connectivity index (χ1v) is 9.17. The van der Waals surface area contributed by atoms with Gasteiger partial charge in [-0.2, -0.15) is 0 Å². The highest BCUT2D eigenvalue weighted by molar-refractivity contribution is 5.79. The van der Waals surface area contributed by atoms with Gasteiger partial charge in [-0.3, -0.25) is 4.79 Å². The minimum atomic E-state index is -0.192. The van der Waals surface area contributed by atoms with Crippen LogP contribution in [-0.2, 0) is 30.6 Å². The van der Waals surface area contributed by atoms with Crippen LogP contribution in [0.25, 0.3) is 0 Å². The number of amides is 1. The van der Waals surface area contributed by atoms with Gasteiger partial charge in [0, 0.05) is 19.0 Å². The Bertz CT molecular complexity index is 814. The highest BCUT2D eigenvalue weighted by Gasteiger charge is 2.31. The SMILES string of the molecule is COc1cccc2c1OC[C@H](C(=O)N(C)Cc1noc3c1CCCC3)C2. The van der Waals surface area contributed by atoms with E-state index in [0.717, 1.165) is 54.2 Å². The van der Waals surface area contributed by atoms with Gasteiger partial charge in [-0.1, -0.05) is 17.3 Å². The molecule has 1 aliphatic heterocycles. The Morgan fingerprint density at radius 3 is 3.04 bits per heavy atom. The Hall–Kier alpha value is -2.50. The molecule has 4 rings (SSSR count). The van der Waals surface area contributed by atoms with Crippen molar-refractivity contribution >= 4 is 5.91 Å². The maximum Gasteiger partial charge on any atom is 0.229 e. The molecule has 26 heavy (non-hydrogen) atoms. The summed E-state index contributed by atoms with van der Waals surface area (Å²) in [6.45, 7) is 0.854. The first kappa shape index (κ1) is 16.9. The van der Waals surface area contributed by atoms with E-state index in [0.29, 0.717) is 19.6 Å². The van der Waals surface area contributed by atoms with Crippen molar-refractivity contribution in [1.82, 2.24) is 10.1 Å². The molecule has 138 valence electrons. The standard InChI is InChI=1S/C20H24N2O4/c1-22(11-16-15-7-3-4-8-17(15)26-21-16)20(23)14-10-13-6-5-9-18(24-2)19(13)25-12-14/h5-6,9,14H,3-4,7-8,10-12H2,1-2H3/t14-/m1/s1. The van der Waals surface area contributed by atoms with Crippen molar-refractivity contribution < 1.29 is 18.8 Å². The van der Waals surface area contributed by atoms with E-state index in [9.17, 15) is 4.79 Å². The van der Waals surface area contributed by atoms with Crippen molar-refractivity contribution in [3.05, 3.63) is 40.8 Å². The van der Waals surface area contributed by atoms with Crippen LogP contribution in [0.2, 0.25) is 0 Å². The number of para-hydroxylation sites is 1. The molecule has 0 fully saturated rings. The third-order valence-corrected chi connectivity index (χ3v) is 5.32. The molecule has 0 saturated carbocycles. The summed E-state index contributed by atoms with van der Waals surface area (Å²) < 4.78 is 16.6. The summed E-state index contributed by atoms with van der Waals surface area (Å²) in [5.74, 6) is 2.35. The average Bonchev–Trinajstić information content (AvgIpc) is 3.09. The van der Waals surface area contributed by atoms with E-state index >= 15 is 0 Å². The molecule has 0 radical (unpaired) electrons. The van der Waals surface area contributed by atoms with Crippen LogP contribution >= 0.6 is 0 Å². The lowest BCUT2D eigenvalue weighted by Gasteiger charge is -2.28. The van der Waals surface area contributed by atoms with Gasteiger partial charge in [-0.25, -0.2) is 0 Å². The van der Waals surface area contributed by atoms with Crippen molar-refractivity contribution in [2.24, 2.45) is 5.92 Å². The quantitative estimate of drug-likeness (QED) is 0.843. The normalized spacial score (nSPS) is 18.5. The Labute approximate surface area is 153 Å². The van der Waals surface area contributed by atoms with Crippen LogP contribution < -0.4 is 9.47 Å². The zero-order chi connectivity index (χ0) is 18.1. The summed E-state index contributed by atoms with van der Waals surface area (Å²) in [5, 5.41) is 4.21. The summed E-state index contributed by atoms with van der Waals surface area (Å²) in [5.41, 5.74) is 3.11. The van der Waals surface area contributed by atoms with E-state index < -0.39 is 0 Å². The van der Waals surface area contributed by atoms with Crippen LogP contribution in [0.15, 0.2) is 22.7 Å². The van der Waals surface area contributed by atoms with Gasteiger partial charge in [0.25, 0.3) is 0 Å². The van der Waals surface area contributed by atoms with Crippen molar-refractivity contribution in [2.45, 2.75) is 38.6 Å². The lowest BCUT2D eigenvalue weighted by Crippen LogP contribution is -2.38. The van der Waals surface area contributed by atoms with Crippen LogP contribution in [0.4, 0.5) is 0 Å². The minimum absolute atomic E-state index is 0.0750. The third-order valence-electron chi connectivity index (χ3n) is 5.32. The predicted octanol–water partition coefficient (Wildman–Crippen LogP) is 2.77. The molecule has 0 saturated heterocycles. The molecule has 2 aliphatic rings. The Morgan fingerprint density at radius 1 is 1.35 bits per heavy atom. The van der Waals surface area contributed by atoms with Crippen molar-refractivity contribution in [3.8, 4) is 11.5 Å². The number of rotatable bonds is 4. The summed E-state index contributed by atoms with van der Waals surface area (Å²) in [6.07, 6.45) is 4.92. The van der Waals surface area contributed by atoms with Gasteiger partial charge in [0.1, 0.15) is 18.1 Å². The number of benzene rings is 1. The number of methoxy groups -OCH3 is 1. The van der Waals surface area contributed by atoms with Crippen LogP contribution in [0.3, 0.4) is 0 Å². The van der Waals surface area contributed by atoms with E-state index in [4.69, 9.17) is 14.0 Å². The molecule has 0 unspecified atom stereocenters. The number of aromatic nitrogens is 1. The van der Waals surface area contributed by atoms with Gasteiger partial charge in [0.05, 0.1) is 19.6 Å². The van der Waals surface area contributed by atoms with Crippen molar-refractivity contribution in [3.63, 3.8) is 0 Å². The first-order chi connectivity index (χ1) is 12.7. The van der Waals surface area contributed by atoms with Gasteiger partial charge < -0.3 is 18.9 Å². The van der Waals surface area contributed by atoms with E-state index in [2.05, 4.69) is 5.16 Å². The first-order valence-electron chi connectivity index (χ1n) is 9.17. The number of fused-ring (bicyclic) bond motifs is 2. The molecule has 0 spiro atoms. The second-order valence-electron chi connectivity index (χ2n) is 7.09. The van der Waals surface area contributed by atoms with Gasteiger partial charge in [-0.15, -0.1) is 0 Å². The molecule has 6 heteroatoms. The largest absolute Gasteiger partial charge is 0.493 e. The fraction of sp³-hybridized carbons (Fsp3) is 0.500. The van der Waals surface area contributed by atoms with Gasteiger partial charge in [0.15, 0.2) is 11.5 Å². The van der Waals surface area contributed by atoms with Crippen molar-refractivity contribution in [2.75, 3.05) is 20.8 Å². The van der Waals surface area contributed by atoms with Gasteiger partial charge in [0.2, 0.25) is 5.91 Å². The number of hydrogen-bond donors (Lipinski definition) is 0. The number of nitrogens with zero attached hydrogens (tertiary/aromatic N) is 2. The maximum absolute atomic E-state index is 12.9. The van der Waals surface area contributed by atoms with Crippen LogP contribution in [-0.4, -0.2) is 36.7 Å². The van der Waals surface area contributed by atoms with E-state index in [-0.39, 0.29) is 11.8 Å². The number of ether oxygens (including phenoxy) is 2. The highest BCUT2D eigenvalue weighted by atomic mass is 16.5. The third kappa shape index (κ3) is 3.04. The summed E-state index contributed by atoms with van der Waals surface area (Å²) in [7, 11) is 3.45. The lowest BCUT2D eigenvalue weighted by molar-refractivity contribution is -0.136. The lowest BCUT2D eigenvalue weighted by atomic mass is 9.94. The van der Waals surface area contributed by atoms with Crippen LogP contribution in [0.5, 0.6) is 11.5 Å². The number of carbonyl (C=O) groups excluding carboxylic acids is 1. The fourth-order valence-electron chi connectivity index (χ4n) is 3.90. The van der Waals surface area contributed by atoms with Gasteiger partial charge in [-0.05, 0) is 37.3 Å². The molecule has 2 aromatic rings. The molecular weight excluding hydrogens is 332 g/mol. The molecule has 0 bridgehead atoms. The second-order valence-corrected chi connectivity index (χ2v) is 7.09. The Balaban J connectivity index is 1.45. The molecule has 1 aliphatic carbocycles. The van der Waals surface area contributed by atoms with Crippen LogP contribution in [0.1, 0.15) is 35.4 Å². The minimum Gasteiger partial charge on any atom is -0.493 e. The topological polar surface area (TPSA) is 64.8 Å². The molecule has 2 heterocycles. The van der Waals surface area contributed by atoms with Gasteiger partial charge >= 0.3 is 0 Å². The average molecular weight is 356 g/mol. The number of hydrogen-bond acceptors (Lipinski definition) is 5. The summed E-state index contributed by atoms with van der Waals surface area (Å²) in [6, 6.07) is 5.80. The number of carbonyl (C=O) groups is 1. The Morgan fingerprint density at radius 2 is 2.19 bits per heavy atom. The Kier molecular flexibility index (Phi) is 4.57. The van der Waals surface area contributed by atoms with Crippen molar-refractivity contribution in [1.29, 1.82) is 0 Å². The molecule has 6 nitrogen and oxygen atoms in total. The monoisotopic (exact) mass is 356 g/mol. The molecule has 1 amide bonds. The second kappa shape index (κ2) is 7.02. The van der Waals surface area contributed by atoms with E-state index in [1.807, 2.05) is 25.2 Å². The zero-order valence-corrected chi connectivity index (χ0v) is 15.3. The maximum atomic E-state index is 12.9. The molecule has 1 aromatic carbocycles. The highest BCUT2D eigenvalue weighted by Crippen LogP contribution is 2.36. The fourth-order valence-corrected chi connectivity index (χ4v) is 3.90. The molecular formula is C20H24N2O4. The summed E-state index contributed by atoms with van der Waals surface area (Å²) >= 11 is 0. The molecule has 1 aromatic heterocycles.